The molecule has 1 amide bonds. The van der Waals surface area contributed by atoms with E-state index in [-0.39, 0.29) is 0 Å². The molecule has 4 atom stereocenters. The number of nitrogens with zero attached hydrogens (tertiary/aromatic N) is 1. The molecule has 0 spiro atoms. The third-order valence-corrected chi connectivity index (χ3v) is 2.34. The van der Waals surface area contributed by atoms with Gasteiger partial charge in [0.05, 0.1) is 6.61 Å². The van der Waals surface area contributed by atoms with Gasteiger partial charge in [0.15, 0.2) is 12.4 Å². The van der Waals surface area contributed by atoms with Gasteiger partial charge < -0.3 is 26.0 Å². The van der Waals surface area contributed by atoms with E-state index in [9.17, 15) is 14.3 Å². The summed E-state index contributed by atoms with van der Waals surface area (Å²) in [4.78, 5) is 10.4. The number of nitrogens with two attached hydrogens (primary N) is 1. The van der Waals surface area contributed by atoms with E-state index in [1.807, 2.05) is 0 Å². The number of alkyl halides is 1. The fourth-order valence-corrected chi connectivity index (χ4v) is 1.39. The van der Waals surface area contributed by atoms with Crippen LogP contribution in [0.3, 0.4) is 0 Å². The number of nitrogens with one attached hydrogen (secondary N) is 1. The first-order valence-electron chi connectivity index (χ1n) is 4.71. The Bertz CT molecular complexity index is 370. The fourth-order valence-electron chi connectivity index (χ4n) is 1.39. The molecule has 0 saturated carbocycles. The number of rotatable bonds is 4. The summed E-state index contributed by atoms with van der Waals surface area (Å²) in [7, 11) is 0. The van der Waals surface area contributed by atoms with E-state index in [1.54, 1.807) is 0 Å². The molecule has 17 heavy (non-hydrogen) atoms. The van der Waals surface area contributed by atoms with Crippen LogP contribution < -0.4 is 11.1 Å². The molecule has 7 nitrogen and oxygen atoms in total. The van der Waals surface area contributed by atoms with Crippen LogP contribution in [0.25, 0.3) is 0 Å². The third-order valence-electron chi connectivity index (χ3n) is 2.34. The van der Waals surface area contributed by atoms with Crippen LogP contribution in [0, 0.1) is 11.3 Å². The van der Waals surface area contributed by atoms with Crippen molar-refractivity contribution < 1.29 is 24.1 Å². The highest BCUT2D eigenvalue weighted by Crippen LogP contribution is 2.31. The monoisotopic (exact) mass is 245 g/mol. The summed E-state index contributed by atoms with van der Waals surface area (Å²) in [5.74, 6) is -0.750. The van der Waals surface area contributed by atoms with Crippen molar-refractivity contribution in [3.63, 3.8) is 0 Å². The number of halogens is 1. The first-order chi connectivity index (χ1) is 7.96. The molecule has 1 saturated heterocycles. The molecule has 4 unspecified atom stereocenters. The molecular weight excluding hydrogens is 233 g/mol. The molecule has 8 heteroatoms. The molecule has 0 aromatic rings. The Labute approximate surface area is 96.3 Å². The largest absolute Gasteiger partial charge is 0.392 e. The second-order valence-corrected chi connectivity index (χ2v) is 3.49. The van der Waals surface area contributed by atoms with Crippen molar-refractivity contribution in [1.82, 2.24) is 5.32 Å². The topological polar surface area (TPSA) is 129 Å². The average Bonchev–Trinajstić information content (AvgIpc) is 2.54. The molecule has 1 rings (SSSR count). The Hall–Kier alpha value is -1.69. The van der Waals surface area contributed by atoms with E-state index in [0.29, 0.717) is 0 Å². The third kappa shape index (κ3) is 2.52. The van der Waals surface area contributed by atoms with Crippen molar-refractivity contribution in [2.75, 3.05) is 6.61 Å². The van der Waals surface area contributed by atoms with Crippen molar-refractivity contribution in [1.29, 1.82) is 5.26 Å². The molecule has 1 aliphatic rings. The molecule has 1 aliphatic heterocycles. The molecule has 0 aromatic heterocycles. The van der Waals surface area contributed by atoms with Crippen molar-refractivity contribution in [2.24, 2.45) is 5.73 Å². The Morgan fingerprint density at radius 1 is 1.76 bits per heavy atom. The van der Waals surface area contributed by atoms with Crippen LogP contribution in [0.2, 0.25) is 0 Å². The van der Waals surface area contributed by atoms with Crippen LogP contribution in [-0.2, 0) is 9.53 Å². The molecule has 94 valence electrons. The average molecular weight is 245 g/mol. The summed E-state index contributed by atoms with van der Waals surface area (Å²) in [6, 6.07) is 1.52. The van der Waals surface area contributed by atoms with Crippen molar-refractivity contribution >= 4 is 5.91 Å². The number of primary amides is 1. The lowest BCUT2D eigenvalue weighted by molar-refractivity contribution is -0.113. The lowest BCUT2D eigenvalue weighted by Crippen LogP contribution is -2.44. The van der Waals surface area contributed by atoms with Gasteiger partial charge in [0.25, 0.3) is 0 Å². The molecule has 1 heterocycles. The van der Waals surface area contributed by atoms with Gasteiger partial charge in [-0.1, -0.05) is 0 Å². The van der Waals surface area contributed by atoms with Gasteiger partial charge in [-0.25, -0.2) is 4.39 Å². The molecule has 0 aromatic carbocycles. The Balaban J connectivity index is 2.73. The van der Waals surface area contributed by atoms with Gasteiger partial charge in [-0.15, -0.1) is 0 Å². The number of amides is 1. The Morgan fingerprint density at radius 3 is 2.82 bits per heavy atom. The molecule has 0 aliphatic carbocycles. The van der Waals surface area contributed by atoms with Crippen LogP contribution in [0.1, 0.15) is 0 Å². The summed E-state index contributed by atoms with van der Waals surface area (Å²) in [5, 5.41) is 29.5. The number of aliphatic hydroxyl groups is 2. The van der Waals surface area contributed by atoms with Gasteiger partial charge in [-0.3, -0.25) is 4.79 Å². The summed E-state index contributed by atoms with van der Waals surface area (Å²) in [6.07, 6.45) is -3.08. The zero-order valence-corrected chi connectivity index (χ0v) is 8.71. The van der Waals surface area contributed by atoms with Gasteiger partial charge >= 0.3 is 0 Å². The predicted octanol–water partition coefficient (Wildman–Crippen LogP) is -2.12. The fraction of sp³-hybridized carbons (Fsp3) is 0.556. The van der Waals surface area contributed by atoms with E-state index >= 15 is 0 Å². The van der Waals surface area contributed by atoms with E-state index in [4.69, 9.17) is 20.8 Å². The van der Waals surface area contributed by atoms with E-state index in [2.05, 4.69) is 5.32 Å². The van der Waals surface area contributed by atoms with Gasteiger partial charge in [0.1, 0.15) is 12.2 Å². The molecule has 5 N–H and O–H groups in total. The van der Waals surface area contributed by atoms with Gasteiger partial charge in [0.2, 0.25) is 11.5 Å². The maximum Gasteiger partial charge on any atom is 0.242 e. The van der Waals surface area contributed by atoms with Crippen LogP contribution in [0.5, 0.6) is 0 Å². The summed E-state index contributed by atoms with van der Waals surface area (Å²) < 4.78 is 18.4. The van der Waals surface area contributed by atoms with E-state index in [1.165, 1.54) is 6.07 Å². The molecule has 0 radical (unpaired) electrons. The Kier molecular flexibility index (Phi) is 4.01. The van der Waals surface area contributed by atoms with Crippen LogP contribution >= 0.6 is 0 Å². The van der Waals surface area contributed by atoms with E-state index in [0.717, 1.165) is 12.3 Å². The standard InChI is InChI=1S/C9H12FN3O4/c10-6-7(16)9(3-11,4-14)17-8(6)13-2-1-5(12)15/h1-2,6-8,13-14,16H,4H2,(H2,12,15)/b2-1-. The zero-order valence-electron chi connectivity index (χ0n) is 8.71. The molecular formula is C9H12FN3O4. The smallest absolute Gasteiger partial charge is 0.242 e. The lowest BCUT2D eigenvalue weighted by atomic mass is 9.99. The second-order valence-electron chi connectivity index (χ2n) is 3.49. The number of hydrogen-bond donors (Lipinski definition) is 4. The maximum absolute atomic E-state index is 13.5. The lowest BCUT2D eigenvalue weighted by Gasteiger charge is -2.20. The van der Waals surface area contributed by atoms with Crippen molar-refractivity contribution in [3.05, 3.63) is 12.3 Å². The zero-order chi connectivity index (χ0) is 13.1. The maximum atomic E-state index is 13.5. The van der Waals surface area contributed by atoms with Gasteiger partial charge in [-0.2, -0.15) is 5.26 Å². The van der Waals surface area contributed by atoms with Crippen LogP contribution in [0.15, 0.2) is 12.3 Å². The Morgan fingerprint density at radius 2 is 2.41 bits per heavy atom. The molecule has 1 fully saturated rings. The normalized spacial score (nSPS) is 36.9. The number of aliphatic hydroxyl groups excluding tert-OH is 2. The minimum Gasteiger partial charge on any atom is -0.392 e. The second kappa shape index (κ2) is 5.09. The number of hydrogen-bond acceptors (Lipinski definition) is 6. The summed E-state index contributed by atoms with van der Waals surface area (Å²) in [5.41, 5.74) is 2.80. The highest BCUT2D eigenvalue weighted by Gasteiger charge is 2.55. The summed E-state index contributed by atoms with van der Waals surface area (Å²) >= 11 is 0. The predicted molar refractivity (Wildman–Crippen MR) is 52.7 cm³/mol. The van der Waals surface area contributed by atoms with Crippen LogP contribution in [0.4, 0.5) is 4.39 Å². The van der Waals surface area contributed by atoms with Crippen LogP contribution in [-0.4, -0.2) is 46.8 Å². The minimum atomic E-state index is -2.00. The number of carbonyl (C=O) groups excluding carboxylic acids is 1. The quantitative estimate of drug-likeness (QED) is 0.419. The van der Waals surface area contributed by atoms with Crippen molar-refractivity contribution in [3.8, 4) is 6.07 Å². The first-order valence-corrected chi connectivity index (χ1v) is 4.71. The SMILES string of the molecule is N#CC1(CO)OC(N/C=C\C(N)=O)C(F)C1O. The van der Waals surface area contributed by atoms with Gasteiger partial charge in [-0.05, 0) is 0 Å². The number of nitriles is 1. The van der Waals surface area contributed by atoms with Gasteiger partial charge in [0, 0.05) is 12.3 Å². The van der Waals surface area contributed by atoms with Crippen molar-refractivity contribution in [2.45, 2.75) is 24.1 Å². The highest BCUT2D eigenvalue weighted by molar-refractivity contribution is 5.85. The minimum absolute atomic E-state index is 0.750. The number of ether oxygens (including phenoxy) is 1. The van der Waals surface area contributed by atoms with E-state index < -0.39 is 36.6 Å². The molecule has 0 bridgehead atoms. The first kappa shape index (κ1) is 13.4. The number of carbonyl (C=O) groups is 1. The highest BCUT2D eigenvalue weighted by atomic mass is 19.1. The summed E-state index contributed by atoms with van der Waals surface area (Å²) in [6.45, 7) is -0.844.